The lowest BCUT2D eigenvalue weighted by atomic mass is 9.88. The third-order valence-electron chi connectivity index (χ3n) is 5.46. The largest absolute Gasteiger partial charge is 0.375 e. The molecule has 0 aliphatic carbocycles. The molecule has 3 aromatic rings. The molecule has 0 unspecified atom stereocenters. The molecular weight excluding hydrogens is 428 g/mol. The van der Waals surface area contributed by atoms with E-state index in [1.807, 2.05) is 19.1 Å². The number of Topliss-reactive ketones (excluding diaryl/α,β-unsaturated/α-hetero) is 1. The molecule has 0 fully saturated rings. The molecule has 6 nitrogen and oxygen atoms in total. The van der Waals surface area contributed by atoms with E-state index in [4.69, 9.17) is 11.6 Å². The monoisotopic (exact) mass is 448 g/mol. The van der Waals surface area contributed by atoms with Crippen molar-refractivity contribution in [3.05, 3.63) is 94.5 Å². The summed E-state index contributed by atoms with van der Waals surface area (Å²) in [7, 11) is 0. The first-order chi connectivity index (χ1) is 15.3. The van der Waals surface area contributed by atoms with E-state index >= 15 is 0 Å². The van der Waals surface area contributed by atoms with E-state index in [1.54, 1.807) is 60.7 Å². The van der Waals surface area contributed by atoms with Crippen LogP contribution in [0.25, 0.3) is 0 Å². The Morgan fingerprint density at radius 2 is 1.66 bits per heavy atom. The minimum Gasteiger partial charge on any atom is -0.375 e. The Bertz CT molecular complexity index is 1190. The van der Waals surface area contributed by atoms with Crippen LogP contribution in [0.1, 0.15) is 27.9 Å². The van der Waals surface area contributed by atoms with Gasteiger partial charge in [0.25, 0.3) is 5.91 Å². The molecule has 2 N–H and O–H groups in total. The summed E-state index contributed by atoms with van der Waals surface area (Å²) in [5, 5.41) is 14.6. The van der Waals surface area contributed by atoms with Crippen LogP contribution < -0.4 is 10.2 Å². The van der Waals surface area contributed by atoms with Crippen LogP contribution in [0.3, 0.4) is 0 Å². The molecule has 162 valence electrons. The number of benzene rings is 3. The number of ketones is 1. The van der Waals surface area contributed by atoms with Crippen LogP contribution in [0.5, 0.6) is 0 Å². The van der Waals surface area contributed by atoms with Crippen molar-refractivity contribution in [1.29, 1.82) is 0 Å². The molecule has 32 heavy (non-hydrogen) atoms. The van der Waals surface area contributed by atoms with Crippen LogP contribution in [0.2, 0.25) is 5.02 Å². The number of aryl methyl sites for hydroxylation is 1. The average Bonchev–Trinajstić information content (AvgIpc) is 2.98. The van der Waals surface area contributed by atoms with Crippen molar-refractivity contribution < 1.29 is 19.5 Å². The van der Waals surface area contributed by atoms with Crippen LogP contribution in [0.15, 0.2) is 72.8 Å². The first-order valence-electron chi connectivity index (χ1n) is 10.1. The van der Waals surface area contributed by atoms with Crippen molar-refractivity contribution in [2.24, 2.45) is 0 Å². The standard InChI is InChI=1S/C25H21ClN2O4/c1-16-6-12-19(13-7-16)27-23(30)15-28-21-5-3-2-4-20(21)25(32,24(28)31)14-22(29)17-8-10-18(26)11-9-17/h2-13,32H,14-15H2,1H3,(H,27,30)/t25-/m1/s1. The van der Waals surface area contributed by atoms with Gasteiger partial charge in [0.1, 0.15) is 6.54 Å². The van der Waals surface area contributed by atoms with Gasteiger partial charge in [-0.1, -0.05) is 47.5 Å². The summed E-state index contributed by atoms with van der Waals surface area (Å²) in [5.41, 5.74) is 0.648. The number of nitrogens with zero attached hydrogens (tertiary/aromatic N) is 1. The van der Waals surface area contributed by atoms with Crippen LogP contribution in [-0.2, 0) is 15.2 Å². The Morgan fingerprint density at radius 1 is 1.00 bits per heavy atom. The highest BCUT2D eigenvalue weighted by molar-refractivity contribution is 6.30. The van der Waals surface area contributed by atoms with Crippen molar-refractivity contribution in [2.45, 2.75) is 18.9 Å². The summed E-state index contributed by atoms with van der Waals surface area (Å²) in [4.78, 5) is 39.9. The fraction of sp³-hybridized carbons (Fsp3) is 0.160. The Hall–Kier alpha value is -3.48. The highest BCUT2D eigenvalue weighted by Gasteiger charge is 2.51. The third-order valence-corrected chi connectivity index (χ3v) is 5.71. The zero-order valence-corrected chi connectivity index (χ0v) is 18.1. The highest BCUT2D eigenvalue weighted by Crippen LogP contribution is 2.42. The lowest BCUT2D eigenvalue weighted by Crippen LogP contribution is -2.44. The average molecular weight is 449 g/mol. The van der Waals surface area contributed by atoms with E-state index in [2.05, 4.69) is 5.32 Å². The number of fused-ring (bicyclic) bond motifs is 1. The van der Waals surface area contributed by atoms with Gasteiger partial charge in [0.2, 0.25) is 5.91 Å². The molecule has 0 saturated heterocycles. The fourth-order valence-electron chi connectivity index (χ4n) is 3.79. The smallest absolute Gasteiger partial charge is 0.264 e. The number of hydrogen-bond acceptors (Lipinski definition) is 4. The fourth-order valence-corrected chi connectivity index (χ4v) is 3.91. The van der Waals surface area contributed by atoms with Gasteiger partial charge in [-0.3, -0.25) is 19.3 Å². The van der Waals surface area contributed by atoms with Gasteiger partial charge >= 0.3 is 0 Å². The quantitative estimate of drug-likeness (QED) is 0.556. The minimum atomic E-state index is -2.06. The van der Waals surface area contributed by atoms with Crippen LogP contribution >= 0.6 is 11.6 Å². The first-order valence-corrected chi connectivity index (χ1v) is 10.4. The molecule has 1 aliphatic rings. The number of aliphatic hydroxyl groups is 1. The van der Waals surface area contributed by atoms with Gasteiger partial charge < -0.3 is 10.4 Å². The predicted molar refractivity (Wildman–Crippen MR) is 123 cm³/mol. The molecule has 0 bridgehead atoms. The molecule has 1 aliphatic heterocycles. The Balaban J connectivity index is 1.57. The molecule has 1 atom stereocenters. The van der Waals surface area contributed by atoms with E-state index in [1.165, 1.54) is 4.90 Å². The zero-order valence-electron chi connectivity index (χ0n) is 17.3. The van der Waals surface area contributed by atoms with E-state index in [0.717, 1.165) is 5.56 Å². The summed E-state index contributed by atoms with van der Waals surface area (Å²) in [6, 6.07) is 20.2. The molecular formula is C25H21ClN2O4. The third kappa shape index (κ3) is 4.15. The second-order valence-electron chi connectivity index (χ2n) is 7.79. The van der Waals surface area contributed by atoms with Crippen molar-refractivity contribution >= 4 is 40.6 Å². The van der Waals surface area contributed by atoms with Gasteiger partial charge in [0, 0.05) is 21.8 Å². The number of carbonyl (C=O) groups is 3. The van der Waals surface area contributed by atoms with Crippen molar-refractivity contribution in [3.63, 3.8) is 0 Å². The molecule has 4 rings (SSSR count). The summed E-state index contributed by atoms with van der Waals surface area (Å²) in [6.07, 6.45) is -0.444. The number of carbonyl (C=O) groups excluding carboxylic acids is 3. The van der Waals surface area contributed by atoms with Gasteiger partial charge in [-0.05, 0) is 49.4 Å². The van der Waals surface area contributed by atoms with Gasteiger partial charge in [-0.15, -0.1) is 0 Å². The Labute approximate surface area is 190 Å². The summed E-state index contributed by atoms with van der Waals surface area (Å²) in [6.45, 7) is 1.65. The second-order valence-corrected chi connectivity index (χ2v) is 8.23. The SMILES string of the molecule is Cc1ccc(NC(=O)CN2C(=O)[C@@](O)(CC(=O)c3ccc(Cl)cc3)c3ccccc32)cc1. The Morgan fingerprint density at radius 3 is 2.34 bits per heavy atom. The molecule has 3 aromatic carbocycles. The van der Waals surface area contributed by atoms with Gasteiger partial charge in [0.05, 0.1) is 12.1 Å². The normalized spacial score (nSPS) is 17.2. The Kier molecular flexibility index (Phi) is 5.82. The maximum absolute atomic E-state index is 13.3. The predicted octanol–water partition coefficient (Wildman–Crippen LogP) is 4.09. The number of halogens is 1. The van der Waals surface area contributed by atoms with Crippen molar-refractivity contribution in [2.75, 3.05) is 16.8 Å². The number of amides is 2. The first kappa shape index (κ1) is 21.7. The molecule has 2 amide bonds. The topological polar surface area (TPSA) is 86.7 Å². The van der Waals surface area contributed by atoms with Crippen LogP contribution in [0, 0.1) is 6.92 Å². The maximum Gasteiger partial charge on any atom is 0.264 e. The highest BCUT2D eigenvalue weighted by atomic mass is 35.5. The number of anilines is 2. The van der Waals surface area contributed by atoms with E-state index in [0.29, 0.717) is 27.5 Å². The zero-order chi connectivity index (χ0) is 22.9. The lowest BCUT2D eigenvalue weighted by molar-refractivity contribution is -0.136. The minimum absolute atomic E-state index is 0.291. The maximum atomic E-state index is 13.3. The number of para-hydroxylation sites is 1. The molecule has 7 heteroatoms. The molecule has 0 spiro atoms. The summed E-state index contributed by atoms with van der Waals surface area (Å²) in [5.74, 6) is -1.52. The molecule has 1 heterocycles. The molecule has 0 radical (unpaired) electrons. The summed E-state index contributed by atoms with van der Waals surface area (Å²) >= 11 is 5.88. The van der Waals surface area contributed by atoms with Gasteiger partial charge in [0.15, 0.2) is 11.4 Å². The van der Waals surface area contributed by atoms with E-state index < -0.39 is 29.6 Å². The number of rotatable bonds is 6. The number of hydrogen-bond donors (Lipinski definition) is 2. The molecule has 0 aromatic heterocycles. The van der Waals surface area contributed by atoms with Gasteiger partial charge in [-0.25, -0.2) is 0 Å². The lowest BCUT2D eigenvalue weighted by Gasteiger charge is -2.22. The summed E-state index contributed by atoms with van der Waals surface area (Å²) < 4.78 is 0. The van der Waals surface area contributed by atoms with Gasteiger partial charge in [-0.2, -0.15) is 0 Å². The van der Waals surface area contributed by atoms with Crippen molar-refractivity contribution in [3.8, 4) is 0 Å². The van der Waals surface area contributed by atoms with Crippen LogP contribution in [-0.4, -0.2) is 29.2 Å². The van der Waals surface area contributed by atoms with E-state index in [-0.39, 0.29) is 6.54 Å². The molecule has 0 saturated carbocycles. The van der Waals surface area contributed by atoms with Crippen LogP contribution in [0.4, 0.5) is 11.4 Å². The number of nitrogens with one attached hydrogen (secondary N) is 1. The van der Waals surface area contributed by atoms with E-state index in [9.17, 15) is 19.5 Å². The second kappa shape index (κ2) is 8.57. The van der Waals surface area contributed by atoms with Crippen molar-refractivity contribution in [1.82, 2.24) is 0 Å².